The Morgan fingerprint density at radius 1 is 0.398 bits per heavy atom. The molecule has 542 valence electrons. The summed E-state index contributed by atoms with van der Waals surface area (Å²) in [6.07, 6.45) is 69.4. The lowest BCUT2D eigenvalue weighted by molar-refractivity contribution is -0.359. The van der Waals surface area contributed by atoms with E-state index in [1.54, 1.807) is 0 Å². The Labute approximate surface area is 568 Å². The minimum Gasteiger partial charge on any atom is -0.394 e. The molecule has 0 aliphatic carbocycles. The van der Waals surface area contributed by atoms with Crippen LogP contribution < -0.4 is 5.32 Å². The average molecular weight is 1320 g/mol. The zero-order chi connectivity index (χ0) is 67.3. The van der Waals surface area contributed by atoms with E-state index in [2.05, 4.69) is 92.1 Å². The molecule has 14 nitrogen and oxygen atoms in total. The van der Waals surface area contributed by atoms with Crippen molar-refractivity contribution in [1.29, 1.82) is 0 Å². The summed E-state index contributed by atoms with van der Waals surface area (Å²) in [5, 5.41) is 87.7. The molecule has 12 atom stereocenters. The van der Waals surface area contributed by atoms with E-state index in [1.165, 1.54) is 212 Å². The lowest BCUT2D eigenvalue weighted by atomic mass is 9.97. The fourth-order valence-electron chi connectivity index (χ4n) is 12.6. The summed E-state index contributed by atoms with van der Waals surface area (Å²) in [5.41, 5.74) is 0. The third kappa shape index (κ3) is 46.4. The van der Waals surface area contributed by atoms with Crippen molar-refractivity contribution in [3.05, 3.63) is 72.9 Å². The van der Waals surface area contributed by atoms with Gasteiger partial charge in [0, 0.05) is 6.42 Å². The Morgan fingerprint density at radius 2 is 0.742 bits per heavy atom. The van der Waals surface area contributed by atoms with Gasteiger partial charge in [-0.15, -0.1) is 0 Å². The number of ether oxygens (including phenoxy) is 4. The number of aliphatic hydroxyl groups excluding tert-OH is 8. The van der Waals surface area contributed by atoms with Gasteiger partial charge in [0.15, 0.2) is 12.6 Å². The molecule has 2 aliphatic heterocycles. The maximum absolute atomic E-state index is 13.4. The molecule has 2 heterocycles. The number of hydrogen-bond acceptors (Lipinski definition) is 13. The molecule has 0 aromatic rings. The van der Waals surface area contributed by atoms with Gasteiger partial charge in [0.1, 0.15) is 48.8 Å². The fraction of sp³-hybridized carbons (Fsp3) is 0.835. The largest absolute Gasteiger partial charge is 0.394 e. The van der Waals surface area contributed by atoms with Crippen molar-refractivity contribution in [3.8, 4) is 0 Å². The molecule has 2 rings (SSSR count). The summed E-state index contributed by atoms with van der Waals surface area (Å²) >= 11 is 0. The smallest absolute Gasteiger partial charge is 0.220 e. The molecule has 0 aromatic carbocycles. The number of allylic oxidation sites excluding steroid dienone is 12. The summed E-state index contributed by atoms with van der Waals surface area (Å²) in [7, 11) is 0. The van der Waals surface area contributed by atoms with Gasteiger partial charge in [-0.1, -0.05) is 331 Å². The van der Waals surface area contributed by atoms with Crippen LogP contribution in [0.2, 0.25) is 0 Å². The molecular formula is C79H143NO13. The first-order valence-electron chi connectivity index (χ1n) is 38.7. The second-order valence-corrected chi connectivity index (χ2v) is 27.1. The van der Waals surface area contributed by atoms with Gasteiger partial charge in [0.2, 0.25) is 5.91 Å². The van der Waals surface area contributed by atoms with Crippen LogP contribution in [0.3, 0.4) is 0 Å². The number of rotatable bonds is 64. The highest BCUT2D eigenvalue weighted by Gasteiger charge is 2.51. The van der Waals surface area contributed by atoms with E-state index in [1.807, 2.05) is 0 Å². The molecule has 2 aliphatic rings. The van der Waals surface area contributed by atoms with Crippen molar-refractivity contribution >= 4 is 5.91 Å². The fourth-order valence-corrected chi connectivity index (χ4v) is 12.6. The van der Waals surface area contributed by atoms with Crippen LogP contribution >= 0.6 is 0 Å². The van der Waals surface area contributed by atoms with Gasteiger partial charge in [0.25, 0.3) is 0 Å². The quantitative estimate of drug-likeness (QED) is 0.0204. The Bertz CT molecular complexity index is 1840. The van der Waals surface area contributed by atoms with Gasteiger partial charge in [-0.05, 0) is 64.2 Å². The van der Waals surface area contributed by atoms with Crippen LogP contribution in [0.5, 0.6) is 0 Å². The number of carbonyl (C=O) groups excluding carboxylic acids is 1. The molecule has 0 aromatic heterocycles. The maximum atomic E-state index is 13.4. The van der Waals surface area contributed by atoms with Crippen molar-refractivity contribution in [2.75, 3.05) is 19.8 Å². The second kappa shape index (κ2) is 62.9. The molecule has 1 amide bonds. The molecule has 9 N–H and O–H groups in total. The van der Waals surface area contributed by atoms with Gasteiger partial charge in [-0.3, -0.25) is 4.79 Å². The van der Waals surface area contributed by atoms with Crippen LogP contribution in [-0.4, -0.2) is 140 Å². The highest BCUT2D eigenvalue weighted by atomic mass is 16.7. The highest BCUT2D eigenvalue weighted by molar-refractivity contribution is 5.76. The molecule has 2 fully saturated rings. The summed E-state index contributed by atoms with van der Waals surface area (Å²) in [6.45, 7) is 2.79. The van der Waals surface area contributed by atoms with Crippen LogP contribution in [0.1, 0.15) is 328 Å². The first-order chi connectivity index (χ1) is 45.6. The standard InChI is InChI=1S/C79H143NO13/c1-3-5-7-9-11-13-15-17-19-21-23-24-25-26-27-28-29-30-31-32-33-34-35-36-37-38-39-40-41-42-43-44-45-47-49-51-53-55-57-59-61-63-71(84)80-67(68(83)62-60-58-56-54-52-50-48-46-22-20-18-16-14-12-10-8-6-4-2)66-90-78-76(89)74(87)77(70(65-82)92-78)93-79-75(88)73(86)72(85)69(64-81)91-79/h5,7,11,13,17,19,23-24,26-27,29-30,67-70,72-79,81-83,85-89H,3-4,6,8-10,12,14-16,18,20-22,25,28,31-66H2,1-2H3,(H,80,84)/b7-5-,13-11-,19-17-,24-23-,27-26-,30-29-. The Morgan fingerprint density at radius 3 is 1.14 bits per heavy atom. The minimum atomic E-state index is -1.78. The Balaban J connectivity index is 1.55. The molecule has 0 bridgehead atoms. The minimum absolute atomic E-state index is 0.201. The van der Waals surface area contributed by atoms with E-state index in [0.717, 1.165) is 89.9 Å². The first kappa shape index (κ1) is 86.5. The van der Waals surface area contributed by atoms with Gasteiger partial charge < -0.3 is 65.1 Å². The summed E-state index contributed by atoms with van der Waals surface area (Å²) in [6, 6.07) is -0.830. The molecular weight excluding hydrogens is 1170 g/mol. The third-order valence-corrected chi connectivity index (χ3v) is 18.7. The number of nitrogens with one attached hydrogen (secondary N) is 1. The van der Waals surface area contributed by atoms with E-state index in [0.29, 0.717) is 12.8 Å². The molecule has 0 spiro atoms. The lowest BCUT2D eigenvalue weighted by Gasteiger charge is -2.46. The lowest BCUT2D eigenvalue weighted by Crippen LogP contribution is -2.65. The van der Waals surface area contributed by atoms with Crippen LogP contribution in [0.4, 0.5) is 0 Å². The second-order valence-electron chi connectivity index (χ2n) is 27.1. The SMILES string of the molecule is CC/C=C\C/C=C\C/C=C\C/C=C\C/C=C\C/C=C\CCCCCCCCCCCCCCCCCCCCCCCCC(=O)NC(COC1OC(CO)C(OC2OC(CO)C(O)C(O)C2O)C(O)C1O)C(O)CCCCCCCCCCCCCCCCCCCC. The summed E-state index contributed by atoms with van der Waals surface area (Å²) in [5.74, 6) is -0.201. The summed E-state index contributed by atoms with van der Waals surface area (Å²) in [4.78, 5) is 13.4. The predicted octanol–water partition coefficient (Wildman–Crippen LogP) is 17.0. The Hall–Kier alpha value is -2.57. The van der Waals surface area contributed by atoms with E-state index in [4.69, 9.17) is 18.9 Å². The van der Waals surface area contributed by atoms with E-state index >= 15 is 0 Å². The van der Waals surface area contributed by atoms with E-state index in [-0.39, 0.29) is 12.5 Å². The zero-order valence-corrected chi connectivity index (χ0v) is 59.2. The van der Waals surface area contributed by atoms with Gasteiger partial charge in [0.05, 0.1) is 32.0 Å². The number of carbonyl (C=O) groups is 1. The van der Waals surface area contributed by atoms with Crippen LogP contribution in [0.25, 0.3) is 0 Å². The third-order valence-electron chi connectivity index (χ3n) is 18.7. The van der Waals surface area contributed by atoms with Crippen molar-refractivity contribution < 1.29 is 64.6 Å². The molecule has 12 unspecified atom stereocenters. The van der Waals surface area contributed by atoms with Gasteiger partial charge >= 0.3 is 0 Å². The molecule has 14 heteroatoms. The van der Waals surface area contributed by atoms with E-state index < -0.39 is 86.8 Å². The summed E-state index contributed by atoms with van der Waals surface area (Å²) < 4.78 is 22.9. The number of amides is 1. The average Bonchev–Trinajstić information content (AvgIpc) is 0.958. The molecule has 2 saturated heterocycles. The maximum Gasteiger partial charge on any atom is 0.220 e. The Kier molecular flexibility index (Phi) is 58.5. The normalized spacial score (nSPS) is 22.9. The van der Waals surface area contributed by atoms with Crippen molar-refractivity contribution in [1.82, 2.24) is 5.32 Å². The zero-order valence-electron chi connectivity index (χ0n) is 59.2. The number of unbranched alkanes of at least 4 members (excludes halogenated alkanes) is 39. The number of hydrogen-bond donors (Lipinski definition) is 9. The van der Waals surface area contributed by atoms with Crippen molar-refractivity contribution in [2.24, 2.45) is 0 Å². The van der Waals surface area contributed by atoms with Gasteiger partial charge in [-0.2, -0.15) is 0 Å². The molecule has 0 radical (unpaired) electrons. The highest BCUT2D eigenvalue weighted by Crippen LogP contribution is 2.30. The molecule has 0 saturated carbocycles. The van der Waals surface area contributed by atoms with Crippen LogP contribution in [0, 0.1) is 0 Å². The monoisotopic (exact) mass is 1310 g/mol. The van der Waals surface area contributed by atoms with Crippen LogP contribution in [-0.2, 0) is 23.7 Å². The predicted molar refractivity (Wildman–Crippen MR) is 383 cm³/mol. The van der Waals surface area contributed by atoms with Crippen molar-refractivity contribution in [2.45, 2.75) is 402 Å². The number of aliphatic hydroxyl groups is 8. The van der Waals surface area contributed by atoms with Crippen LogP contribution in [0.15, 0.2) is 72.9 Å². The van der Waals surface area contributed by atoms with Gasteiger partial charge in [-0.25, -0.2) is 0 Å². The van der Waals surface area contributed by atoms with E-state index in [9.17, 15) is 45.6 Å². The first-order valence-corrected chi connectivity index (χ1v) is 38.7. The molecule has 93 heavy (non-hydrogen) atoms. The van der Waals surface area contributed by atoms with Crippen molar-refractivity contribution in [3.63, 3.8) is 0 Å². The topological polar surface area (TPSA) is 228 Å².